The summed E-state index contributed by atoms with van der Waals surface area (Å²) in [5.74, 6) is 2.27. The van der Waals surface area contributed by atoms with Crippen molar-refractivity contribution >= 4 is 11.9 Å². The van der Waals surface area contributed by atoms with E-state index in [2.05, 4.69) is 20.9 Å². The second-order valence-electron chi connectivity index (χ2n) is 7.50. The fourth-order valence-corrected chi connectivity index (χ4v) is 3.01. The maximum absolute atomic E-state index is 11.7. The van der Waals surface area contributed by atoms with Crippen LogP contribution < -0.4 is 25.4 Å². The minimum absolute atomic E-state index is 0.0556. The van der Waals surface area contributed by atoms with Crippen LogP contribution in [0.1, 0.15) is 30.9 Å². The normalized spacial score (nSPS) is 13.4. The number of methoxy groups -OCH3 is 1. The number of aliphatic imine (C=N–C) groups is 1. The average Bonchev–Trinajstić information content (AvgIpc) is 3.61. The molecular formula is C24H32N4O3. The Bertz CT molecular complexity index is 863. The Morgan fingerprint density at radius 3 is 2.58 bits per heavy atom. The molecule has 1 fully saturated rings. The lowest BCUT2D eigenvalue weighted by molar-refractivity contribution is -0.123. The molecule has 7 nitrogen and oxygen atoms in total. The van der Waals surface area contributed by atoms with Gasteiger partial charge in [-0.1, -0.05) is 24.3 Å². The molecule has 7 heteroatoms. The number of hydrogen-bond acceptors (Lipinski definition) is 4. The molecular weight excluding hydrogens is 392 g/mol. The Morgan fingerprint density at radius 1 is 1.06 bits per heavy atom. The van der Waals surface area contributed by atoms with E-state index in [1.165, 1.54) is 5.56 Å². The molecule has 1 saturated carbocycles. The Kier molecular flexibility index (Phi) is 8.58. The standard InChI is InChI=1S/C24H32N4O3/c1-3-25-24(27-16-19-5-4-6-22(15-19)30-2)26-14-13-18-7-11-21(12-8-18)31-17-23(29)28-20-9-10-20/h4-8,11-12,15,20H,3,9-10,13-14,16-17H2,1-2H3,(H,28,29)(H2,25,26,27). The first-order valence-electron chi connectivity index (χ1n) is 10.8. The first kappa shape index (κ1) is 22.5. The van der Waals surface area contributed by atoms with Gasteiger partial charge in [-0.25, -0.2) is 4.99 Å². The highest BCUT2D eigenvalue weighted by Gasteiger charge is 2.23. The molecule has 0 atom stereocenters. The molecule has 0 spiro atoms. The van der Waals surface area contributed by atoms with Crippen molar-refractivity contribution in [1.82, 2.24) is 16.0 Å². The smallest absolute Gasteiger partial charge is 0.258 e. The number of nitrogens with zero attached hydrogens (tertiary/aromatic N) is 1. The summed E-state index contributed by atoms with van der Waals surface area (Å²) in [6.07, 6.45) is 3.01. The zero-order chi connectivity index (χ0) is 21.9. The van der Waals surface area contributed by atoms with Crippen molar-refractivity contribution in [2.45, 2.75) is 38.8 Å². The van der Waals surface area contributed by atoms with Crippen molar-refractivity contribution in [2.24, 2.45) is 4.99 Å². The van der Waals surface area contributed by atoms with Crippen molar-refractivity contribution in [3.8, 4) is 11.5 Å². The van der Waals surface area contributed by atoms with Crippen LogP contribution in [0.4, 0.5) is 0 Å². The highest BCUT2D eigenvalue weighted by molar-refractivity contribution is 5.79. The SMILES string of the molecule is CCNC(=NCc1cccc(OC)c1)NCCc1ccc(OCC(=O)NC2CC2)cc1. The van der Waals surface area contributed by atoms with Crippen LogP contribution in [0.2, 0.25) is 0 Å². The highest BCUT2D eigenvalue weighted by atomic mass is 16.5. The molecule has 3 rings (SSSR count). The van der Waals surface area contributed by atoms with E-state index in [0.717, 1.165) is 49.6 Å². The quantitative estimate of drug-likeness (QED) is 0.382. The molecule has 0 heterocycles. The topological polar surface area (TPSA) is 84.0 Å². The van der Waals surface area contributed by atoms with Gasteiger partial charge in [-0.3, -0.25) is 4.79 Å². The monoisotopic (exact) mass is 424 g/mol. The summed E-state index contributed by atoms with van der Waals surface area (Å²) < 4.78 is 10.8. The lowest BCUT2D eigenvalue weighted by atomic mass is 10.1. The number of hydrogen-bond donors (Lipinski definition) is 3. The highest BCUT2D eigenvalue weighted by Crippen LogP contribution is 2.18. The van der Waals surface area contributed by atoms with Gasteiger partial charge < -0.3 is 25.4 Å². The summed E-state index contributed by atoms with van der Waals surface area (Å²) in [5.41, 5.74) is 2.28. The third-order valence-corrected chi connectivity index (χ3v) is 4.84. The van der Waals surface area contributed by atoms with Gasteiger partial charge in [0.25, 0.3) is 5.91 Å². The third-order valence-electron chi connectivity index (χ3n) is 4.84. The fourth-order valence-electron chi connectivity index (χ4n) is 3.01. The molecule has 0 radical (unpaired) electrons. The van der Waals surface area contributed by atoms with E-state index in [-0.39, 0.29) is 12.5 Å². The largest absolute Gasteiger partial charge is 0.497 e. The first-order valence-corrected chi connectivity index (χ1v) is 10.8. The van der Waals surface area contributed by atoms with Crippen LogP contribution in [0.5, 0.6) is 11.5 Å². The minimum atomic E-state index is -0.0556. The summed E-state index contributed by atoms with van der Waals surface area (Å²) in [6.45, 7) is 4.24. The molecule has 1 aliphatic carbocycles. The van der Waals surface area contributed by atoms with E-state index in [1.54, 1.807) is 7.11 Å². The number of amides is 1. The van der Waals surface area contributed by atoms with Gasteiger partial charge >= 0.3 is 0 Å². The summed E-state index contributed by atoms with van der Waals surface area (Å²) >= 11 is 0. The van der Waals surface area contributed by atoms with Crippen molar-refractivity contribution in [2.75, 3.05) is 26.8 Å². The van der Waals surface area contributed by atoms with Crippen LogP contribution in [0.25, 0.3) is 0 Å². The van der Waals surface area contributed by atoms with Crippen molar-refractivity contribution in [3.05, 3.63) is 59.7 Å². The molecule has 3 N–H and O–H groups in total. The lowest BCUT2D eigenvalue weighted by Crippen LogP contribution is -2.38. The van der Waals surface area contributed by atoms with Crippen molar-refractivity contribution in [1.29, 1.82) is 0 Å². The Morgan fingerprint density at radius 2 is 1.87 bits per heavy atom. The van der Waals surface area contributed by atoms with Crippen LogP contribution in [0.15, 0.2) is 53.5 Å². The summed E-state index contributed by atoms with van der Waals surface area (Å²) in [5, 5.41) is 9.56. The molecule has 31 heavy (non-hydrogen) atoms. The van der Waals surface area contributed by atoms with Gasteiger partial charge in [0.1, 0.15) is 11.5 Å². The van der Waals surface area contributed by atoms with E-state index in [0.29, 0.717) is 18.3 Å². The molecule has 2 aromatic rings. The zero-order valence-electron chi connectivity index (χ0n) is 18.3. The summed E-state index contributed by atoms with van der Waals surface area (Å²) in [4.78, 5) is 16.4. The zero-order valence-corrected chi connectivity index (χ0v) is 18.3. The minimum Gasteiger partial charge on any atom is -0.497 e. The second-order valence-corrected chi connectivity index (χ2v) is 7.50. The van der Waals surface area contributed by atoms with Gasteiger partial charge in [-0.05, 0) is 61.6 Å². The van der Waals surface area contributed by atoms with E-state index in [4.69, 9.17) is 9.47 Å². The van der Waals surface area contributed by atoms with Gasteiger partial charge in [-0.15, -0.1) is 0 Å². The molecule has 1 amide bonds. The molecule has 0 saturated heterocycles. The second kappa shape index (κ2) is 11.8. The third kappa shape index (κ3) is 8.20. The summed E-state index contributed by atoms with van der Waals surface area (Å²) in [6, 6.07) is 16.1. The van der Waals surface area contributed by atoms with E-state index < -0.39 is 0 Å². The molecule has 0 aromatic heterocycles. The van der Waals surface area contributed by atoms with E-state index in [9.17, 15) is 4.79 Å². The predicted molar refractivity (Wildman–Crippen MR) is 123 cm³/mol. The molecule has 2 aromatic carbocycles. The number of rotatable bonds is 11. The molecule has 0 bridgehead atoms. The number of carbonyl (C=O) groups is 1. The van der Waals surface area contributed by atoms with Gasteiger partial charge in [0.2, 0.25) is 0 Å². The first-order chi connectivity index (χ1) is 15.2. The van der Waals surface area contributed by atoms with Crippen molar-refractivity contribution in [3.63, 3.8) is 0 Å². The van der Waals surface area contributed by atoms with Gasteiger partial charge in [0.05, 0.1) is 13.7 Å². The molecule has 0 aliphatic heterocycles. The van der Waals surface area contributed by atoms with E-state index >= 15 is 0 Å². The number of benzene rings is 2. The van der Waals surface area contributed by atoms with Crippen LogP contribution in [0.3, 0.4) is 0 Å². The van der Waals surface area contributed by atoms with Gasteiger partial charge in [-0.2, -0.15) is 0 Å². The number of guanidine groups is 1. The number of carbonyl (C=O) groups excluding carboxylic acids is 1. The average molecular weight is 425 g/mol. The van der Waals surface area contributed by atoms with Crippen LogP contribution in [-0.2, 0) is 17.8 Å². The lowest BCUT2D eigenvalue weighted by Gasteiger charge is -2.12. The van der Waals surface area contributed by atoms with Crippen LogP contribution >= 0.6 is 0 Å². The van der Waals surface area contributed by atoms with Gasteiger partial charge in [0, 0.05) is 19.1 Å². The Balaban J connectivity index is 1.42. The maximum Gasteiger partial charge on any atom is 0.258 e. The molecule has 0 unspecified atom stereocenters. The number of ether oxygens (including phenoxy) is 2. The van der Waals surface area contributed by atoms with Gasteiger partial charge in [0.15, 0.2) is 12.6 Å². The Labute approximate surface area is 184 Å². The van der Waals surface area contributed by atoms with E-state index in [1.807, 2.05) is 55.5 Å². The maximum atomic E-state index is 11.7. The van der Waals surface area contributed by atoms with Crippen molar-refractivity contribution < 1.29 is 14.3 Å². The Hall–Kier alpha value is -3.22. The van der Waals surface area contributed by atoms with Crippen LogP contribution in [0, 0.1) is 0 Å². The fraction of sp³-hybridized carbons (Fsp3) is 0.417. The predicted octanol–water partition coefficient (Wildman–Crippen LogP) is 2.65. The number of nitrogens with one attached hydrogen (secondary N) is 3. The summed E-state index contributed by atoms with van der Waals surface area (Å²) in [7, 11) is 1.67. The molecule has 166 valence electrons. The van der Waals surface area contributed by atoms with Crippen LogP contribution in [-0.4, -0.2) is 44.7 Å². The molecule has 1 aliphatic rings.